The van der Waals surface area contributed by atoms with E-state index in [0.717, 1.165) is 10.0 Å². The first-order valence-corrected chi connectivity index (χ1v) is 7.22. The Morgan fingerprint density at radius 3 is 2.70 bits per heavy atom. The van der Waals surface area contributed by atoms with Crippen LogP contribution in [0.3, 0.4) is 0 Å². The molecule has 1 unspecified atom stereocenters. The maximum atomic E-state index is 6.14. The lowest BCUT2D eigenvalue weighted by Crippen LogP contribution is -2.25. The number of benzene rings is 2. The summed E-state index contributed by atoms with van der Waals surface area (Å²) in [7, 11) is 0. The lowest BCUT2D eigenvalue weighted by molar-refractivity contribution is -0.152. The van der Waals surface area contributed by atoms with Crippen LogP contribution in [0.5, 0.6) is 0 Å². The average Bonchev–Trinajstić information content (AvgIpc) is 2.83. The normalized spacial score (nSPS) is 21.1. The van der Waals surface area contributed by atoms with Crippen molar-refractivity contribution in [3.8, 4) is 0 Å². The van der Waals surface area contributed by atoms with Crippen molar-refractivity contribution in [2.24, 2.45) is 5.16 Å². The summed E-state index contributed by atoms with van der Waals surface area (Å²) in [5, 5.41) is 4.60. The van der Waals surface area contributed by atoms with Gasteiger partial charge in [-0.2, -0.15) is 0 Å². The Morgan fingerprint density at radius 2 is 1.95 bits per heavy atom. The largest absolute Gasteiger partial charge is 0.426 e. The second-order valence-electron chi connectivity index (χ2n) is 4.53. The van der Waals surface area contributed by atoms with Crippen molar-refractivity contribution >= 4 is 33.4 Å². The van der Waals surface area contributed by atoms with Crippen LogP contribution in [0.2, 0.25) is 5.02 Å². The zero-order valence-corrected chi connectivity index (χ0v) is 13.0. The van der Waals surface area contributed by atoms with Gasteiger partial charge in [0.1, 0.15) is 0 Å². The van der Waals surface area contributed by atoms with Crippen molar-refractivity contribution in [1.29, 1.82) is 0 Å². The van der Waals surface area contributed by atoms with Gasteiger partial charge in [-0.1, -0.05) is 51.8 Å². The number of nitrogens with zero attached hydrogens (tertiary/aromatic N) is 1. The van der Waals surface area contributed by atoms with Crippen LogP contribution in [0.1, 0.15) is 18.1 Å². The minimum absolute atomic E-state index is 0.387. The van der Waals surface area contributed by atoms with Crippen molar-refractivity contribution in [2.75, 3.05) is 0 Å². The minimum Gasteiger partial charge on any atom is -0.426 e. The molecule has 1 aliphatic heterocycles. The number of hydrogen-bond acceptors (Lipinski definition) is 3. The topological polar surface area (TPSA) is 30.8 Å². The SMILES string of the molecule is CC1(c2cccc(Br)c2)ON=C(c2ccccc2Cl)O1. The molecule has 0 saturated heterocycles. The monoisotopic (exact) mass is 351 g/mol. The smallest absolute Gasteiger partial charge is 0.301 e. The summed E-state index contributed by atoms with van der Waals surface area (Å²) in [4.78, 5) is 5.49. The van der Waals surface area contributed by atoms with Crippen LogP contribution in [0.15, 0.2) is 58.2 Å². The van der Waals surface area contributed by atoms with Crippen molar-refractivity contribution in [1.82, 2.24) is 0 Å². The molecule has 0 aromatic heterocycles. The van der Waals surface area contributed by atoms with Gasteiger partial charge in [-0.25, -0.2) is 0 Å². The number of ether oxygens (including phenoxy) is 1. The van der Waals surface area contributed by atoms with Gasteiger partial charge in [-0.05, 0) is 29.4 Å². The maximum absolute atomic E-state index is 6.14. The second-order valence-corrected chi connectivity index (χ2v) is 5.85. The Labute approximate surface area is 130 Å². The molecule has 0 N–H and O–H groups in total. The van der Waals surface area contributed by atoms with E-state index in [1.165, 1.54) is 0 Å². The first kappa shape index (κ1) is 13.5. The Hall–Kier alpha value is -1.52. The number of rotatable bonds is 2. The summed E-state index contributed by atoms with van der Waals surface area (Å²) in [6.45, 7) is 1.82. The fourth-order valence-electron chi connectivity index (χ4n) is 1.97. The highest BCUT2D eigenvalue weighted by molar-refractivity contribution is 9.10. The van der Waals surface area contributed by atoms with Gasteiger partial charge in [0.15, 0.2) is 0 Å². The highest BCUT2D eigenvalue weighted by Gasteiger charge is 2.39. The standard InChI is InChI=1S/C15H11BrClNO2/c1-15(10-5-4-6-11(16)9-10)19-14(18-20-15)12-7-2-3-8-13(12)17/h2-9H,1H3. The summed E-state index contributed by atoms with van der Waals surface area (Å²) in [5.74, 6) is -0.559. The molecule has 0 spiro atoms. The highest BCUT2D eigenvalue weighted by Crippen LogP contribution is 2.35. The van der Waals surface area contributed by atoms with Gasteiger partial charge in [-0.15, -0.1) is 0 Å². The number of halogens is 2. The number of hydrogen-bond donors (Lipinski definition) is 0. The van der Waals surface area contributed by atoms with E-state index in [4.69, 9.17) is 21.2 Å². The van der Waals surface area contributed by atoms with E-state index >= 15 is 0 Å². The Balaban J connectivity index is 1.90. The van der Waals surface area contributed by atoms with E-state index in [0.29, 0.717) is 16.5 Å². The molecule has 0 aliphatic carbocycles. The minimum atomic E-state index is -0.946. The van der Waals surface area contributed by atoms with Crippen molar-refractivity contribution < 1.29 is 9.57 Å². The van der Waals surface area contributed by atoms with E-state index in [9.17, 15) is 0 Å². The highest BCUT2D eigenvalue weighted by atomic mass is 79.9. The molecule has 2 aromatic rings. The molecule has 2 aromatic carbocycles. The van der Waals surface area contributed by atoms with Gasteiger partial charge in [0.05, 0.1) is 10.6 Å². The third kappa shape index (κ3) is 2.41. The molecule has 20 heavy (non-hydrogen) atoms. The van der Waals surface area contributed by atoms with Gasteiger partial charge in [0, 0.05) is 17.0 Å². The molecule has 0 saturated carbocycles. The van der Waals surface area contributed by atoms with E-state index in [2.05, 4.69) is 21.1 Å². The Morgan fingerprint density at radius 1 is 1.15 bits per heavy atom. The van der Waals surface area contributed by atoms with Gasteiger partial charge < -0.3 is 9.57 Å². The zero-order chi connectivity index (χ0) is 14.2. The molecule has 5 heteroatoms. The quantitative estimate of drug-likeness (QED) is 0.785. The van der Waals surface area contributed by atoms with Crippen LogP contribution in [-0.2, 0) is 15.4 Å². The first-order chi connectivity index (χ1) is 9.58. The van der Waals surface area contributed by atoms with Crippen LogP contribution in [0.4, 0.5) is 0 Å². The van der Waals surface area contributed by atoms with Gasteiger partial charge >= 0.3 is 5.79 Å². The van der Waals surface area contributed by atoms with Crippen molar-refractivity contribution in [3.63, 3.8) is 0 Å². The molecule has 3 rings (SSSR count). The molecule has 1 heterocycles. The van der Waals surface area contributed by atoms with Gasteiger partial charge in [-0.3, -0.25) is 0 Å². The van der Waals surface area contributed by atoms with Gasteiger partial charge in [0.2, 0.25) is 0 Å². The molecule has 0 fully saturated rings. The van der Waals surface area contributed by atoms with Crippen LogP contribution < -0.4 is 0 Å². The van der Waals surface area contributed by atoms with Crippen LogP contribution >= 0.6 is 27.5 Å². The lowest BCUT2D eigenvalue weighted by atomic mass is 10.1. The summed E-state index contributed by atoms with van der Waals surface area (Å²) < 4.78 is 6.83. The molecular weight excluding hydrogens is 342 g/mol. The van der Waals surface area contributed by atoms with Crippen molar-refractivity contribution in [3.05, 3.63) is 69.2 Å². The molecule has 1 aliphatic rings. The van der Waals surface area contributed by atoms with Crippen molar-refractivity contribution in [2.45, 2.75) is 12.7 Å². The molecule has 0 bridgehead atoms. The van der Waals surface area contributed by atoms with E-state index < -0.39 is 5.79 Å². The van der Waals surface area contributed by atoms with Crippen LogP contribution in [0, 0.1) is 0 Å². The summed E-state index contributed by atoms with van der Waals surface area (Å²) >= 11 is 9.58. The molecule has 102 valence electrons. The predicted octanol–water partition coefficient (Wildman–Crippen LogP) is 4.68. The van der Waals surface area contributed by atoms with E-state index in [1.807, 2.05) is 49.4 Å². The summed E-state index contributed by atoms with van der Waals surface area (Å²) in [5.41, 5.74) is 1.59. The Bertz CT molecular complexity index is 689. The second kappa shape index (κ2) is 5.11. The fourth-order valence-corrected chi connectivity index (χ4v) is 2.59. The molecule has 0 amide bonds. The summed E-state index contributed by atoms with van der Waals surface area (Å²) in [6, 6.07) is 15.1. The average molecular weight is 353 g/mol. The van der Waals surface area contributed by atoms with Crippen LogP contribution in [0.25, 0.3) is 0 Å². The Kier molecular flexibility index (Phi) is 3.44. The van der Waals surface area contributed by atoms with E-state index in [1.54, 1.807) is 6.07 Å². The molecule has 1 atom stereocenters. The summed E-state index contributed by atoms with van der Waals surface area (Å²) in [6.07, 6.45) is 0. The van der Waals surface area contributed by atoms with Crippen LogP contribution in [-0.4, -0.2) is 5.90 Å². The lowest BCUT2D eigenvalue weighted by Gasteiger charge is -2.22. The third-order valence-electron chi connectivity index (χ3n) is 3.05. The predicted molar refractivity (Wildman–Crippen MR) is 81.7 cm³/mol. The maximum Gasteiger partial charge on any atom is 0.301 e. The van der Waals surface area contributed by atoms with Gasteiger partial charge in [0.25, 0.3) is 5.90 Å². The first-order valence-electron chi connectivity index (χ1n) is 6.05. The molecule has 3 nitrogen and oxygen atoms in total. The number of oxime groups is 1. The van der Waals surface area contributed by atoms with E-state index in [-0.39, 0.29) is 0 Å². The third-order valence-corrected chi connectivity index (χ3v) is 3.87. The fraction of sp³-hybridized carbons (Fsp3) is 0.133. The molecule has 0 radical (unpaired) electrons. The molecular formula is C15H11BrClNO2. The zero-order valence-electron chi connectivity index (χ0n) is 10.6.